The van der Waals surface area contributed by atoms with Crippen LogP contribution in [-0.2, 0) is 13.0 Å². The molecule has 0 aromatic heterocycles. The molecule has 0 bridgehead atoms. The van der Waals surface area contributed by atoms with E-state index in [1.807, 2.05) is 7.05 Å². The molecule has 0 saturated heterocycles. The Balaban J connectivity index is 2.22. The lowest BCUT2D eigenvalue weighted by Gasteiger charge is -2.26. The highest BCUT2D eigenvalue weighted by Crippen LogP contribution is 2.30. The maximum atomic E-state index is 3.58. The Bertz CT molecular complexity index is 347. The van der Waals surface area contributed by atoms with Gasteiger partial charge in [-0.3, -0.25) is 0 Å². The molecular weight excluding hydrogens is 196 g/mol. The maximum Gasteiger partial charge on any atom is 0.0322 e. The summed E-state index contributed by atoms with van der Waals surface area (Å²) in [5.74, 6) is 0. The standard InChI is InChI=1S/C14H22N2/c1-3-16-14-6-4-5-12-9-11(10-15-2)7-8-13(12)14/h7-9,14-16H,3-6,10H2,1-2H3. The minimum Gasteiger partial charge on any atom is -0.316 e. The van der Waals surface area contributed by atoms with Crippen LogP contribution < -0.4 is 10.6 Å². The van der Waals surface area contributed by atoms with Gasteiger partial charge in [-0.1, -0.05) is 25.1 Å². The molecule has 2 rings (SSSR count). The normalized spacial score (nSPS) is 19.5. The lowest BCUT2D eigenvalue weighted by molar-refractivity contribution is 0.471. The Morgan fingerprint density at radius 1 is 1.38 bits per heavy atom. The minimum absolute atomic E-state index is 0.581. The van der Waals surface area contributed by atoms with Crippen molar-refractivity contribution in [2.45, 2.75) is 38.8 Å². The molecule has 0 saturated carbocycles. The number of aryl methyl sites for hydroxylation is 1. The quantitative estimate of drug-likeness (QED) is 0.811. The fourth-order valence-corrected chi connectivity index (χ4v) is 2.64. The summed E-state index contributed by atoms with van der Waals surface area (Å²) in [4.78, 5) is 0. The molecule has 1 aliphatic carbocycles. The first kappa shape index (κ1) is 11.6. The summed E-state index contributed by atoms with van der Waals surface area (Å²) in [6.07, 6.45) is 3.84. The Kier molecular flexibility index (Phi) is 3.97. The molecule has 88 valence electrons. The summed E-state index contributed by atoms with van der Waals surface area (Å²) in [6, 6.07) is 7.52. The van der Waals surface area contributed by atoms with Gasteiger partial charge in [0.05, 0.1) is 0 Å². The zero-order chi connectivity index (χ0) is 11.4. The zero-order valence-electron chi connectivity index (χ0n) is 10.3. The van der Waals surface area contributed by atoms with Gasteiger partial charge in [0, 0.05) is 12.6 Å². The van der Waals surface area contributed by atoms with Crippen LogP contribution in [0, 0.1) is 0 Å². The summed E-state index contributed by atoms with van der Waals surface area (Å²) in [5, 5.41) is 6.79. The van der Waals surface area contributed by atoms with E-state index in [9.17, 15) is 0 Å². The molecule has 1 aromatic rings. The fraction of sp³-hybridized carbons (Fsp3) is 0.571. The Morgan fingerprint density at radius 3 is 3.00 bits per heavy atom. The Hall–Kier alpha value is -0.860. The Labute approximate surface area is 98.4 Å². The van der Waals surface area contributed by atoms with Gasteiger partial charge in [-0.15, -0.1) is 0 Å². The van der Waals surface area contributed by atoms with Crippen molar-refractivity contribution in [3.63, 3.8) is 0 Å². The second kappa shape index (κ2) is 5.46. The molecular formula is C14H22N2. The van der Waals surface area contributed by atoms with Crippen LogP contribution >= 0.6 is 0 Å². The second-order valence-corrected chi connectivity index (χ2v) is 4.57. The largest absolute Gasteiger partial charge is 0.316 e. The van der Waals surface area contributed by atoms with E-state index in [2.05, 4.69) is 35.8 Å². The van der Waals surface area contributed by atoms with Crippen molar-refractivity contribution in [3.8, 4) is 0 Å². The minimum atomic E-state index is 0.581. The number of rotatable bonds is 4. The molecule has 16 heavy (non-hydrogen) atoms. The van der Waals surface area contributed by atoms with Gasteiger partial charge in [0.1, 0.15) is 0 Å². The third-order valence-electron chi connectivity index (χ3n) is 3.35. The fourth-order valence-electron chi connectivity index (χ4n) is 2.64. The van der Waals surface area contributed by atoms with Crippen molar-refractivity contribution in [3.05, 3.63) is 34.9 Å². The van der Waals surface area contributed by atoms with Crippen molar-refractivity contribution >= 4 is 0 Å². The number of hydrogen-bond donors (Lipinski definition) is 2. The molecule has 1 aromatic carbocycles. The molecule has 2 N–H and O–H groups in total. The van der Waals surface area contributed by atoms with Crippen LogP contribution in [0.5, 0.6) is 0 Å². The predicted octanol–water partition coefficient (Wildman–Crippen LogP) is 2.39. The van der Waals surface area contributed by atoms with E-state index in [4.69, 9.17) is 0 Å². The average Bonchev–Trinajstić information content (AvgIpc) is 2.30. The molecule has 1 aliphatic rings. The van der Waals surface area contributed by atoms with Crippen LogP contribution in [0.4, 0.5) is 0 Å². The van der Waals surface area contributed by atoms with E-state index in [0.717, 1.165) is 13.1 Å². The van der Waals surface area contributed by atoms with Gasteiger partial charge in [0.15, 0.2) is 0 Å². The number of nitrogens with one attached hydrogen (secondary N) is 2. The number of hydrogen-bond acceptors (Lipinski definition) is 2. The SMILES string of the molecule is CCNC1CCCc2cc(CNC)ccc21. The molecule has 1 unspecified atom stereocenters. The van der Waals surface area contributed by atoms with Gasteiger partial charge in [-0.05, 0) is 49.5 Å². The number of fused-ring (bicyclic) bond motifs is 1. The first-order valence-corrected chi connectivity index (χ1v) is 6.34. The van der Waals surface area contributed by atoms with E-state index in [-0.39, 0.29) is 0 Å². The van der Waals surface area contributed by atoms with Crippen molar-refractivity contribution in [1.29, 1.82) is 0 Å². The van der Waals surface area contributed by atoms with Gasteiger partial charge < -0.3 is 10.6 Å². The van der Waals surface area contributed by atoms with Gasteiger partial charge >= 0.3 is 0 Å². The highest BCUT2D eigenvalue weighted by Gasteiger charge is 2.18. The summed E-state index contributed by atoms with van der Waals surface area (Å²) in [7, 11) is 2.00. The molecule has 0 radical (unpaired) electrons. The van der Waals surface area contributed by atoms with Crippen LogP contribution in [-0.4, -0.2) is 13.6 Å². The first-order valence-electron chi connectivity index (χ1n) is 6.34. The van der Waals surface area contributed by atoms with Crippen molar-refractivity contribution in [2.24, 2.45) is 0 Å². The van der Waals surface area contributed by atoms with E-state index >= 15 is 0 Å². The van der Waals surface area contributed by atoms with Crippen molar-refractivity contribution in [2.75, 3.05) is 13.6 Å². The van der Waals surface area contributed by atoms with Gasteiger partial charge in [-0.2, -0.15) is 0 Å². The van der Waals surface area contributed by atoms with Gasteiger partial charge in [0.25, 0.3) is 0 Å². The third-order valence-corrected chi connectivity index (χ3v) is 3.35. The molecule has 0 fully saturated rings. The van der Waals surface area contributed by atoms with Gasteiger partial charge in [-0.25, -0.2) is 0 Å². The van der Waals surface area contributed by atoms with Crippen molar-refractivity contribution < 1.29 is 0 Å². The smallest absolute Gasteiger partial charge is 0.0322 e. The molecule has 2 heteroatoms. The van der Waals surface area contributed by atoms with Crippen molar-refractivity contribution in [1.82, 2.24) is 10.6 Å². The first-order chi connectivity index (χ1) is 7.85. The summed E-state index contributed by atoms with van der Waals surface area (Å²) in [5.41, 5.74) is 4.47. The lowest BCUT2D eigenvalue weighted by Crippen LogP contribution is -2.25. The summed E-state index contributed by atoms with van der Waals surface area (Å²) >= 11 is 0. The average molecular weight is 218 g/mol. The lowest BCUT2D eigenvalue weighted by atomic mass is 9.86. The van der Waals surface area contributed by atoms with Crippen LogP contribution in [0.15, 0.2) is 18.2 Å². The molecule has 1 atom stereocenters. The van der Waals surface area contributed by atoms with E-state index in [1.165, 1.54) is 30.4 Å². The van der Waals surface area contributed by atoms with Crippen LogP contribution in [0.1, 0.15) is 42.5 Å². The predicted molar refractivity (Wildman–Crippen MR) is 68.6 cm³/mol. The molecule has 2 nitrogen and oxygen atoms in total. The molecule has 0 aliphatic heterocycles. The third kappa shape index (κ3) is 2.45. The molecule has 0 amide bonds. The maximum absolute atomic E-state index is 3.58. The zero-order valence-corrected chi connectivity index (χ0v) is 10.3. The van der Waals surface area contributed by atoms with E-state index in [1.54, 1.807) is 5.56 Å². The van der Waals surface area contributed by atoms with Crippen LogP contribution in [0.3, 0.4) is 0 Å². The Morgan fingerprint density at radius 2 is 2.25 bits per heavy atom. The van der Waals surface area contributed by atoms with Crippen LogP contribution in [0.25, 0.3) is 0 Å². The van der Waals surface area contributed by atoms with E-state index in [0.29, 0.717) is 6.04 Å². The highest BCUT2D eigenvalue weighted by molar-refractivity contribution is 5.36. The summed E-state index contributed by atoms with van der Waals surface area (Å²) in [6.45, 7) is 4.21. The second-order valence-electron chi connectivity index (χ2n) is 4.57. The monoisotopic (exact) mass is 218 g/mol. The molecule has 0 spiro atoms. The van der Waals surface area contributed by atoms with Crippen LogP contribution in [0.2, 0.25) is 0 Å². The molecule has 0 heterocycles. The number of benzene rings is 1. The topological polar surface area (TPSA) is 24.1 Å². The highest BCUT2D eigenvalue weighted by atomic mass is 14.9. The van der Waals surface area contributed by atoms with E-state index < -0.39 is 0 Å². The van der Waals surface area contributed by atoms with Gasteiger partial charge in [0.2, 0.25) is 0 Å². The summed E-state index contributed by atoms with van der Waals surface area (Å²) < 4.78 is 0.